The molecule has 2 aromatic carbocycles. The Balaban J connectivity index is 1.91. The van der Waals surface area contributed by atoms with Crippen LogP contribution in [0.4, 0.5) is 13.6 Å². The molecule has 0 aliphatic carbocycles. The van der Waals surface area contributed by atoms with E-state index in [9.17, 15) is 22.0 Å². The second-order valence-electron chi connectivity index (χ2n) is 7.40. The van der Waals surface area contributed by atoms with Crippen molar-refractivity contribution in [1.82, 2.24) is 9.62 Å². The van der Waals surface area contributed by atoms with Gasteiger partial charge in [-0.2, -0.15) is 0 Å². The Morgan fingerprint density at radius 2 is 1.90 bits per heavy atom. The third-order valence-electron chi connectivity index (χ3n) is 5.18. The van der Waals surface area contributed by atoms with Gasteiger partial charge < -0.3 is 9.64 Å². The number of amides is 1. The van der Waals surface area contributed by atoms with Crippen LogP contribution < -0.4 is 4.72 Å². The van der Waals surface area contributed by atoms with Gasteiger partial charge in [-0.05, 0) is 48.1 Å². The molecule has 0 saturated carbocycles. The molecule has 1 fully saturated rings. The lowest BCUT2D eigenvalue weighted by atomic mass is 9.90. The van der Waals surface area contributed by atoms with Crippen molar-refractivity contribution in [3.63, 3.8) is 0 Å². The van der Waals surface area contributed by atoms with Crippen molar-refractivity contribution < 1.29 is 26.7 Å². The van der Waals surface area contributed by atoms with E-state index in [0.717, 1.165) is 24.0 Å². The number of sulfonamides is 1. The fraction of sp³-hybridized carbons (Fsp3) is 0.381. The highest BCUT2D eigenvalue weighted by Crippen LogP contribution is 2.26. The summed E-state index contributed by atoms with van der Waals surface area (Å²) in [6.45, 7) is 0.460. The summed E-state index contributed by atoms with van der Waals surface area (Å²) in [6.07, 6.45) is 2.18. The number of ether oxygens (including phenoxy) is 1. The van der Waals surface area contributed by atoms with Crippen LogP contribution in [0.15, 0.2) is 42.5 Å². The molecule has 2 unspecified atom stereocenters. The van der Waals surface area contributed by atoms with Crippen LogP contribution in [0.5, 0.6) is 0 Å². The first-order chi connectivity index (χ1) is 14.2. The lowest BCUT2D eigenvalue weighted by Gasteiger charge is -2.40. The third kappa shape index (κ3) is 5.34. The topological polar surface area (TPSA) is 75.7 Å². The smallest absolute Gasteiger partial charge is 0.409 e. The Morgan fingerprint density at radius 1 is 1.17 bits per heavy atom. The summed E-state index contributed by atoms with van der Waals surface area (Å²) in [5.41, 5.74) is 2.05. The van der Waals surface area contributed by atoms with Crippen LogP contribution >= 0.6 is 0 Å². The summed E-state index contributed by atoms with van der Waals surface area (Å²) in [4.78, 5) is 13.8. The highest BCUT2D eigenvalue weighted by Gasteiger charge is 2.36. The number of rotatable bonds is 5. The Kier molecular flexibility index (Phi) is 6.72. The molecule has 2 atom stereocenters. The number of hydrogen-bond acceptors (Lipinski definition) is 4. The molecule has 9 heteroatoms. The SMILES string of the molecule is COC(=O)N1CCCC(NS(C)(=O)=O)C1Cc1cccc(-c2ccc(F)c(F)c2)c1. The third-order valence-corrected chi connectivity index (χ3v) is 5.91. The molecule has 1 N–H and O–H groups in total. The normalized spacial score (nSPS) is 19.5. The summed E-state index contributed by atoms with van der Waals surface area (Å²) in [6, 6.07) is 10.0. The fourth-order valence-corrected chi connectivity index (χ4v) is 4.69. The minimum atomic E-state index is -3.47. The van der Waals surface area contributed by atoms with Crippen molar-refractivity contribution in [2.45, 2.75) is 31.3 Å². The van der Waals surface area contributed by atoms with Gasteiger partial charge in [-0.1, -0.05) is 30.3 Å². The molecule has 162 valence electrons. The number of likely N-dealkylation sites (tertiary alicyclic amines) is 1. The van der Waals surface area contributed by atoms with Gasteiger partial charge >= 0.3 is 6.09 Å². The van der Waals surface area contributed by atoms with E-state index in [-0.39, 0.29) is 0 Å². The minimum absolute atomic E-state index is 0.375. The van der Waals surface area contributed by atoms with E-state index in [4.69, 9.17) is 4.74 Å². The van der Waals surface area contributed by atoms with Crippen molar-refractivity contribution in [3.05, 3.63) is 59.7 Å². The van der Waals surface area contributed by atoms with Crippen molar-refractivity contribution in [2.75, 3.05) is 19.9 Å². The number of hydrogen-bond donors (Lipinski definition) is 1. The maximum atomic E-state index is 13.6. The molecular weight excluding hydrogens is 414 g/mol. The van der Waals surface area contributed by atoms with Crippen LogP contribution in [0.2, 0.25) is 0 Å². The van der Waals surface area contributed by atoms with Crippen LogP contribution in [0.1, 0.15) is 18.4 Å². The van der Waals surface area contributed by atoms with E-state index in [1.807, 2.05) is 12.1 Å². The van der Waals surface area contributed by atoms with E-state index < -0.39 is 39.8 Å². The molecule has 0 spiro atoms. The maximum absolute atomic E-state index is 13.6. The van der Waals surface area contributed by atoms with Gasteiger partial charge in [0.25, 0.3) is 0 Å². The standard InChI is InChI=1S/C21H24F2N2O4S/c1-29-21(26)25-10-4-7-19(24-30(2,27)28)20(25)12-14-5-3-6-15(11-14)16-8-9-17(22)18(23)13-16/h3,5-6,8-9,11,13,19-20,24H,4,7,10,12H2,1-2H3. The van der Waals surface area contributed by atoms with Gasteiger partial charge in [0.1, 0.15) is 0 Å². The minimum Gasteiger partial charge on any atom is -0.453 e. The molecule has 0 radical (unpaired) electrons. The lowest BCUT2D eigenvalue weighted by Crippen LogP contribution is -2.57. The summed E-state index contributed by atoms with van der Waals surface area (Å²) >= 11 is 0. The van der Waals surface area contributed by atoms with Crippen LogP contribution in [-0.4, -0.2) is 51.4 Å². The zero-order valence-electron chi connectivity index (χ0n) is 16.8. The Bertz CT molecular complexity index is 1030. The number of nitrogens with zero attached hydrogens (tertiary/aromatic N) is 1. The van der Waals surface area contributed by atoms with Crippen LogP contribution in [-0.2, 0) is 21.2 Å². The predicted molar refractivity (Wildman–Crippen MR) is 109 cm³/mol. The number of benzene rings is 2. The summed E-state index contributed by atoms with van der Waals surface area (Å²) in [5.74, 6) is -1.85. The lowest BCUT2D eigenvalue weighted by molar-refractivity contribution is 0.0792. The van der Waals surface area contributed by atoms with E-state index in [2.05, 4.69) is 4.72 Å². The molecular formula is C21H24F2N2O4S. The zero-order valence-corrected chi connectivity index (χ0v) is 17.6. The quantitative estimate of drug-likeness (QED) is 0.777. The molecule has 1 heterocycles. The summed E-state index contributed by atoms with van der Waals surface area (Å²) in [7, 11) is -2.18. The second kappa shape index (κ2) is 9.09. The van der Waals surface area contributed by atoms with Crippen LogP contribution in [0.25, 0.3) is 11.1 Å². The number of carbonyl (C=O) groups excluding carboxylic acids is 1. The van der Waals surface area contributed by atoms with Gasteiger partial charge in [0.2, 0.25) is 10.0 Å². The molecule has 2 aromatic rings. The van der Waals surface area contributed by atoms with Gasteiger partial charge in [0.05, 0.1) is 19.4 Å². The Hall–Kier alpha value is -2.52. The first kappa shape index (κ1) is 22.2. The highest BCUT2D eigenvalue weighted by atomic mass is 32.2. The van der Waals surface area contributed by atoms with Crippen molar-refractivity contribution in [2.24, 2.45) is 0 Å². The number of carbonyl (C=O) groups is 1. The Morgan fingerprint density at radius 3 is 2.57 bits per heavy atom. The van der Waals surface area contributed by atoms with Crippen LogP contribution in [0.3, 0.4) is 0 Å². The highest BCUT2D eigenvalue weighted by molar-refractivity contribution is 7.88. The first-order valence-corrected chi connectivity index (χ1v) is 11.4. The van der Waals surface area contributed by atoms with Gasteiger partial charge in [-0.15, -0.1) is 0 Å². The van der Waals surface area contributed by atoms with Gasteiger partial charge in [-0.3, -0.25) is 0 Å². The van der Waals surface area contributed by atoms with E-state index in [1.54, 1.807) is 12.1 Å². The molecule has 1 aliphatic heterocycles. The molecule has 6 nitrogen and oxygen atoms in total. The number of nitrogens with one attached hydrogen (secondary N) is 1. The zero-order chi connectivity index (χ0) is 21.9. The molecule has 30 heavy (non-hydrogen) atoms. The average molecular weight is 438 g/mol. The summed E-state index contributed by atoms with van der Waals surface area (Å²) < 4.78 is 58.1. The van der Waals surface area contributed by atoms with Gasteiger partial charge in [0.15, 0.2) is 11.6 Å². The van der Waals surface area contributed by atoms with Crippen LogP contribution in [0, 0.1) is 11.6 Å². The van der Waals surface area contributed by atoms with Crippen molar-refractivity contribution in [3.8, 4) is 11.1 Å². The maximum Gasteiger partial charge on any atom is 0.409 e. The van der Waals surface area contributed by atoms with E-state index >= 15 is 0 Å². The monoisotopic (exact) mass is 438 g/mol. The van der Waals surface area contributed by atoms with Crippen molar-refractivity contribution in [1.29, 1.82) is 0 Å². The number of piperidine rings is 1. The largest absolute Gasteiger partial charge is 0.453 e. The Labute approximate surface area is 174 Å². The molecule has 0 bridgehead atoms. The van der Waals surface area contributed by atoms with Gasteiger partial charge in [-0.25, -0.2) is 26.7 Å². The second-order valence-corrected chi connectivity index (χ2v) is 9.18. The number of methoxy groups -OCH3 is 1. The first-order valence-electron chi connectivity index (χ1n) is 9.54. The van der Waals surface area contributed by atoms with E-state index in [0.29, 0.717) is 36.9 Å². The van der Waals surface area contributed by atoms with E-state index in [1.165, 1.54) is 18.1 Å². The average Bonchev–Trinajstić information content (AvgIpc) is 2.70. The predicted octanol–water partition coefficient (Wildman–Crippen LogP) is 3.32. The fourth-order valence-electron chi connectivity index (χ4n) is 3.86. The molecule has 0 aromatic heterocycles. The van der Waals surface area contributed by atoms with Crippen molar-refractivity contribution >= 4 is 16.1 Å². The molecule has 3 rings (SSSR count). The molecule has 1 saturated heterocycles. The van der Waals surface area contributed by atoms with Gasteiger partial charge in [0, 0.05) is 12.6 Å². The molecule has 1 aliphatic rings. The molecule has 1 amide bonds. The summed E-state index contributed by atoms with van der Waals surface area (Å²) in [5, 5.41) is 0. The number of halogens is 2.